The maximum absolute atomic E-state index is 11.8. The van der Waals surface area contributed by atoms with Crippen molar-refractivity contribution in [2.24, 2.45) is 16.8 Å². The van der Waals surface area contributed by atoms with Gasteiger partial charge in [-0.2, -0.15) is 0 Å². The molecule has 1 heterocycles. The Balaban J connectivity index is 2.32. The van der Waals surface area contributed by atoms with Crippen LogP contribution in [0.2, 0.25) is 0 Å². The van der Waals surface area contributed by atoms with Crippen molar-refractivity contribution in [3.63, 3.8) is 0 Å². The number of hydrogen-bond acceptors (Lipinski definition) is 5. The second kappa shape index (κ2) is 8.91. The molecule has 0 fully saturated rings. The fourth-order valence-corrected chi connectivity index (χ4v) is 1.49. The molecule has 7 heteroatoms. The van der Waals surface area contributed by atoms with Gasteiger partial charge in [0, 0.05) is 24.9 Å². The highest BCUT2D eigenvalue weighted by atomic mass is 16.5. The summed E-state index contributed by atoms with van der Waals surface area (Å²) in [6.45, 7) is 5.87. The molecule has 1 aromatic heterocycles. The molecule has 0 saturated heterocycles. The summed E-state index contributed by atoms with van der Waals surface area (Å²) in [6, 6.07) is 3.08. The van der Waals surface area contributed by atoms with E-state index in [0.717, 1.165) is 6.42 Å². The summed E-state index contributed by atoms with van der Waals surface area (Å²) in [5.74, 6) is 0.277. The topological polar surface area (TPSA) is 110 Å². The molecule has 1 rings (SSSR count). The van der Waals surface area contributed by atoms with E-state index in [1.807, 2.05) is 0 Å². The Kier molecular flexibility index (Phi) is 7.17. The molecule has 0 aliphatic carbocycles. The van der Waals surface area contributed by atoms with Crippen LogP contribution < -0.4 is 11.1 Å². The SMILES string of the molecule is CC(C)CCOCCNC(=O)c1ccc(C(N)=NO)cn1. The van der Waals surface area contributed by atoms with Gasteiger partial charge in [0.05, 0.1) is 6.61 Å². The zero-order valence-corrected chi connectivity index (χ0v) is 12.4. The zero-order chi connectivity index (χ0) is 15.7. The number of amides is 1. The first-order chi connectivity index (χ1) is 10.0. The lowest BCUT2D eigenvalue weighted by Crippen LogP contribution is -2.28. The van der Waals surface area contributed by atoms with Gasteiger partial charge in [0.25, 0.3) is 5.91 Å². The van der Waals surface area contributed by atoms with Crippen LogP contribution in [0.25, 0.3) is 0 Å². The van der Waals surface area contributed by atoms with Crippen LogP contribution in [0, 0.1) is 5.92 Å². The molecule has 0 atom stereocenters. The lowest BCUT2D eigenvalue weighted by molar-refractivity contribution is 0.0901. The summed E-state index contributed by atoms with van der Waals surface area (Å²) >= 11 is 0. The van der Waals surface area contributed by atoms with Gasteiger partial charge in [-0.15, -0.1) is 0 Å². The van der Waals surface area contributed by atoms with Gasteiger partial charge in [0.1, 0.15) is 5.69 Å². The molecule has 0 bridgehead atoms. The molecule has 7 nitrogen and oxygen atoms in total. The van der Waals surface area contributed by atoms with Crippen LogP contribution in [0.1, 0.15) is 36.3 Å². The highest BCUT2D eigenvalue weighted by molar-refractivity contribution is 5.98. The fraction of sp³-hybridized carbons (Fsp3) is 0.500. The minimum absolute atomic E-state index is 0.0481. The van der Waals surface area contributed by atoms with Crippen LogP contribution in [0.5, 0.6) is 0 Å². The Bertz CT molecular complexity index is 472. The zero-order valence-electron chi connectivity index (χ0n) is 12.4. The van der Waals surface area contributed by atoms with Gasteiger partial charge in [-0.1, -0.05) is 19.0 Å². The van der Waals surface area contributed by atoms with Crippen LogP contribution in [0.4, 0.5) is 0 Å². The number of nitrogens with zero attached hydrogens (tertiary/aromatic N) is 2. The minimum Gasteiger partial charge on any atom is -0.409 e. The molecule has 0 radical (unpaired) electrons. The Morgan fingerprint density at radius 3 is 2.81 bits per heavy atom. The molecule has 0 aliphatic rings. The van der Waals surface area contributed by atoms with Gasteiger partial charge in [-0.25, -0.2) is 0 Å². The molecule has 0 aromatic carbocycles. The number of oxime groups is 1. The number of amidine groups is 1. The number of nitrogens with one attached hydrogen (secondary N) is 1. The van der Waals surface area contributed by atoms with Gasteiger partial charge in [0.2, 0.25) is 0 Å². The van der Waals surface area contributed by atoms with Gasteiger partial charge >= 0.3 is 0 Å². The molecule has 0 spiro atoms. The lowest BCUT2D eigenvalue weighted by Gasteiger charge is -2.07. The Labute approximate surface area is 124 Å². The monoisotopic (exact) mass is 294 g/mol. The van der Waals surface area contributed by atoms with Crippen molar-refractivity contribution in [3.8, 4) is 0 Å². The van der Waals surface area contributed by atoms with Crippen LogP contribution in [-0.2, 0) is 4.74 Å². The molecular weight excluding hydrogens is 272 g/mol. The van der Waals surface area contributed by atoms with Gasteiger partial charge in [0.15, 0.2) is 5.84 Å². The lowest BCUT2D eigenvalue weighted by atomic mass is 10.1. The summed E-state index contributed by atoms with van der Waals surface area (Å²) < 4.78 is 5.40. The van der Waals surface area contributed by atoms with E-state index < -0.39 is 0 Å². The minimum atomic E-state index is -0.284. The summed E-state index contributed by atoms with van der Waals surface area (Å²) in [7, 11) is 0. The number of hydrogen-bond donors (Lipinski definition) is 3. The number of carbonyl (C=O) groups is 1. The van der Waals surface area contributed by atoms with Crippen molar-refractivity contribution in [1.29, 1.82) is 0 Å². The van der Waals surface area contributed by atoms with Crippen molar-refractivity contribution in [2.75, 3.05) is 19.8 Å². The van der Waals surface area contributed by atoms with E-state index in [1.165, 1.54) is 12.3 Å². The predicted octanol–water partition coefficient (Wildman–Crippen LogP) is 0.969. The maximum atomic E-state index is 11.8. The Morgan fingerprint density at radius 2 is 2.24 bits per heavy atom. The number of nitrogens with two attached hydrogens (primary N) is 1. The van der Waals surface area contributed by atoms with E-state index in [2.05, 4.69) is 29.3 Å². The first-order valence-corrected chi connectivity index (χ1v) is 6.84. The molecule has 4 N–H and O–H groups in total. The summed E-state index contributed by atoms with van der Waals surface area (Å²) in [5.41, 5.74) is 6.13. The first-order valence-electron chi connectivity index (χ1n) is 6.84. The molecule has 1 aromatic rings. The number of aromatic nitrogens is 1. The van der Waals surface area contributed by atoms with Crippen molar-refractivity contribution < 1.29 is 14.7 Å². The molecule has 0 saturated carbocycles. The second-order valence-corrected chi connectivity index (χ2v) is 4.97. The molecular formula is C14H22N4O3. The Hall–Kier alpha value is -2.15. The van der Waals surface area contributed by atoms with Crippen LogP contribution >= 0.6 is 0 Å². The van der Waals surface area contributed by atoms with Crippen molar-refractivity contribution in [1.82, 2.24) is 10.3 Å². The number of carbonyl (C=O) groups excluding carboxylic acids is 1. The first kappa shape index (κ1) is 16.9. The quantitative estimate of drug-likeness (QED) is 0.217. The average molecular weight is 294 g/mol. The predicted molar refractivity (Wildman–Crippen MR) is 79.4 cm³/mol. The third kappa shape index (κ3) is 6.22. The number of pyridine rings is 1. The van der Waals surface area contributed by atoms with Gasteiger partial charge in [-0.3, -0.25) is 9.78 Å². The average Bonchev–Trinajstić information content (AvgIpc) is 2.49. The third-order valence-electron chi connectivity index (χ3n) is 2.77. The standard InChI is InChI=1S/C14H22N4O3/c1-10(2)5-7-21-8-6-16-14(19)12-4-3-11(9-17-12)13(15)18-20/h3-4,9-10,20H,5-8H2,1-2H3,(H2,15,18)(H,16,19). The second-order valence-electron chi connectivity index (χ2n) is 4.97. The summed E-state index contributed by atoms with van der Waals surface area (Å²) in [5, 5.41) is 14.1. The van der Waals surface area contributed by atoms with E-state index >= 15 is 0 Å². The van der Waals surface area contributed by atoms with E-state index in [1.54, 1.807) is 6.07 Å². The van der Waals surface area contributed by atoms with E-state index in [4.69, 9.17) is 15.7 Å². The van der Waals surface area contributed by atoms with Crippen LogP contribution in [0.3, 0.4) is 0 Å². The Morgan fingerprint density at radius 1 is 1.48 bits per heavy atom. The van der Waals surface area contributed by atoms with E-state index in [-0.39, 0.29) is 17.4 Å². The molecule has 1 amide bonds. The number of rotatable bonds is 8. The normalized spacial score (nSPS) is 11.7. The molecule has 116 valence electrons. The van der Waals surface area contributed by atoms with Crippen molar-refractivity contribution in [2.45, 2.75) is 20.3 Å². The number of ether oxygens (including phenoxy) is 1. The highest BCUT2D eigenvalue weighted by Crippen LogP contribution is 2.00. The largest absolute Gasteiger partial charge is 0.409 e. The van der Waals surface area contributed by atoms with E-state index in [0.29, 0.717) is 31.2 Å². The molecule has 21 heavy (non-hydrogen) atoms. The van der Waals surface area contributed by atoms with Gasteiger partial charge in [-0.05, 0) is 24.5 Å². The van der Waals surface area contributed by atoms with Gasteiger partial charge < -0.3 is 21.0 Å². The fourth-order valence-electron chi connectivity index (χ4n) is 1.49. The third-order valence-corrected chi connectivity index (χ3v) is 2.77. The molecule has 0 unspecified atom stereocenters. The van der Waals surface area contributed by atoms with Crippen molar-refractivity contribution >= 4 is 11.7 Å². The molecule has 0 aliphatic heterocycles. The summed E-state index contributed by atoms with van der Waals surface area (Å²) in [6.07, 6.45) is 2.38. The summed E-state index contributed by atoms with van der Waals surface area (Å²) in [4.78, 5) is 15.8. The van der Waals surface area contributed by atoms with E-state index in [9.17, 15) is 4.79 Å². The highest BCUT2D eigenvalue weighted by Gasteiger charge is 2.07. The van der Waals surface area contributed by atoms with Crippen LogP contribution in [0.15, 0.2) is 23.5 Å². The smallest absolute Gasteiger partial charge is 0.269 e. The van der Waals surface area contributed by atoms with Crippen molar-refractivity contribution in [3.05, 3.63) is 29.6 Å². The maximum Gasteiger partial charge on any atom is 0.269 e. The van der Waals surface area contributed by atoms with Crippen LogP contribution in [-0.4, -0.2) is 41.7 Å².